The summed E-state index contributed by atoms with van der Waals surface area (Å²) in [6, 6.07) is 17.5. The number of hydrogen-bond donors (Lipinski definition) is 0. The van der Waals surface area contributed by atoms with Gasteiger partial charge in [-0.2, -0.15) is 0 Å². The molecule has 0 amide bonds. The van der Waals surface area contributed by atoms with Gasteiger partial charge in [-0.15, -0.1) is 0 Å². The van der Waals surface area contributed by atoms with Crippen molar-refractivity contribution in [1.29, 1.82) is 0 Å². The molecule has 0 N–H and O–H groups in total. The highest BCUT2D eigenvalue weighted by Gasteiger charge is 2.21. The van der Waals surface area contributed by atoms with Crippen molar-refractivity contribution in [1.82, 2.24) is 0 Å². The average molecular weight is 353 g/mol. The zero-order chi connectivity index (χ0) is 18.8. The molecule has 0 aliphatic heterocycles. The van der Waals surface area contributed by atoms with Crippen molar-refractivity contribution in [2.24, 2.45) is 5.92 Å². The maximum absolute atomic E-state index is 4.47. The molecule has 2 aliphatic carbocycles. The molecule has 0 fully saturated rings. The second-order valence-electron chi connectivity index (χ2n) is 8.16. The van der Waals surface area contributed by atoms with Gasteiger partial charge in [0.2, 0.25) is 0 Å². The summed E-state index contributed by atoms with van der Waals surface area (Å²) in [5.41, 5.74) is 11.2. The van der Waals surface area contributed by atoms with E-state index >= 15 is 0 Å². The Balaban J connectivity index is 1.52. The molecule has 2 aromatic carbocycles. The summed E-state index contributed by atoms with van der Waals surface area (Å²) in [7, 11) is 0. The van der Waals surface area contributed by atoms with Crippen molar-refractivity contribution >= 4 is 11.6 Å². The number of allylic oxidation sites excluding steroid dienone is 6. The molecule has 2 aliphatic rings. The van der Waals surface area contributed by atoms with Crippen LogP contribution in [0.25, 0.3) is 11.6 Å². The van der Waals surface area contributed by atoms with E-state index in [9.17, 15) is 0 Å². The third-order valence-electron chi connectivity index (χ3n) is 5.57. The van der Waals surface area contributed by atoms with Crippen LogP contribution in [-0.2, 0) is 12.8 Å². The summed E-state index contributed by atoms with van der Waals surface area (Å²) >= 11 is 0. The topological polar surface area (TPSA) is 0 Å². The Hall–Kier alpha value is -2.60. The third kappa shape index (κ3) is 3.76. The summed E-state index contributed by atoms with van der Waals surface area (Å²) in [5, 5.41) is 0. The van der Waals surface area contributed by atoms with Crippen LogP contribution in [0.3, 0.4) is 0 Å². The van der Waals surface area contributed by atoms with Crippen LogP contribution in [0.5, 0.6) is 0 Å². The third-order valence-corrected chi connectivity index (χ3v) is 5.57. The Kier molecular flexibility index (Phi) is 4.99. The molecular formula is C27H28. The average Bonchev–Trinajstić information content (AvgIpc) is 3.27. The molecule has 0 heterocycles. The number of hydrogen-bond acceptors (Lipinski definition) is 0. The molecule has 27 heavy (non-hydrogen) atoms. The lowest BCUT2D eigenvalue weighted by atomic mass is 9.88. The summed E-state index contributed by atoms with van der Waals surface area (Å²) in [6.07, 6.45) is 11.3. The molecular weight excluding hydrogens is 324 g/mol. The molecule has 0 spiro atoms. The van der Waals surface area contributed by atoms with Gasteiger partial charge >= 0.3 is 0 Å². The van der Waals surface area contributed by atoms with Crippen molar-refractivity contribution in [3.05, 3.63) is 106 Å². The highest BCUT2D eigenvalue weighted by Crippen LogP contribution is 2.39. The van der Waals surface area contributed by atoms with Crippen molar-refractivity contribution in [2.75, 3.05) is 0 Å². The minimum Gasteiger partial charge on any atom is -0.0949 e. The van der Waals surface area contributed by atoms with Crippen LogP contribution < -0.4 is 0 Å². The van der Waals surface area contributed by atoms with Crippen LogP contribution in [0.4, 0.5) is 0 Å². The molecule has 136 valence electrons. The smallest absolute Gasteiger partial charge is 0.00137 e. The van der Waals surface area contributed by atoms with E-state index in [0.29, 0.717) is 5.92 Å². The van der Waals surface area contributed by atoms with E-state index in [4.69, 9.17) is 0 Å². The van der Waals surface area contributed by atoms with Crippen LogP contribution in [0, 0.1) is 5.92 Å². The summed E-state index contributed by atoms with van der Waals surface area (Å²) in [6.45, 7) is 9.03. The van der Waals surface area contributed by atoms with Gasteiger partial charge in [0.15, 0.2) is 0 Å². The largest absolute Gasteiger partial charge is 0.0949 e. The highest BCUT2D eigenvalue weighted by atomic mass is 14.3. The van der Waals surface area contributed by atoms with Crippen LogP contribution in [0.2, 0.25) is 0 Å². The number of rotatable bonds is 6. The van der Waals surface area contributed by atoms with E-state index in [2.05, 4.69) is 87.2 Å². The fourth-order valence-corrected chi connectivity index (χ4v) is 4.33. The zero-order valence-corrected chi connectivity index (χ0v) is 16.5. The Morgan fingerprint density at radius 1 is 1.00 bits per heavy atom. The standard InChI is InChI=1S/C27H28/c1-19(2)15-23-11-6-7-13-26(23)20(3)16-24-12-8-14-27(24)25-17-21-9-4-5-10-22(21)18-25/h4-7,9-14,17,19H,3,8,15-16,18H2,1-2H3. The molecule has 0 nitrogen and oxygen atoms in total. The first-order valence-electron chi connectivity index (χ1n) is 10.1. The van der Waals surface area contributed by atoms with Crippen LogP contribution >= 0.6 is 0 Å². The molecule has 0 atom stereocenters. The Bertz CT molecular complexity index is 963. The molecule has 4 rings (SSSR count). The molecule has 0 saturated carbocycles. The Labute approximate surface area is 163 Å². The lowest BCUT2D eigenvalue weighted by Gasteiger charge is -2.16. The van der Waals surface area contributed by atoms with Gasteiger partial charge < -0.3 is 0 Å². The maximum Gasteiger partial charge on any atom is -0.00137 e. The predicted octanol–water partition coefficient (Wildman–Crippen LogP) is 7.18. The van der Waals surface area contributed by atoms with E-state index < -0.39 is 0 Å². The Morgan fingerprint density at radius 2 is 1.78 bits per heavy atom. The van der Waals surface area contributed by atoms with Crippen molar-refractivity contribution in [3.8, 4) is 0 Å². The zero-order valence-electron chi connectivity index (χ0n) is 16.5. The highest BCUT2D eigenvalue weighted by molar-refractivity contribution is 5.75. The Morgan fingerprint density at radius 3 is 2.59 bits per heavy atom. The van der Waals surface area contributed by atoms with Gasteiger partial charge in [0.1, 0.15) is 0 Å². The second kappa shape index (κ2) is 7.56. The normalized spacial score (nSPS) is 15.4. The SMILES string of the molecule is C=C(CC1=CCC=C1C1=Cc2ccccc2C1)c1ccccc1CC(C)C. The summed E-state index contributed by atoms with van der Waals surface area (Å²) in [5.74, 6) is 0.655. The van der Waals surface area contributed by atoms with E-state index in [-0.39, 0.29) is 0 Å². The predicted molar refractivity (Wildman–Crippen MR) is 118 cm³/mol. The van der Waals surface area contributed by atoms with Crippen molar-refractivity contribution in [2.45, 2.75) is 39.5 Å². The number of fused-ring (bicyclic) bond motifs is 1. The number of benzene rings is 2. The maximum atomic E-state index is 4.47. The second-order valence-corrected chi connectivity index (χ2v) is 8.16. The van der Waals surface area contributed by atoms with Crippen LogP contribution in [0.1, 0.15) is 48.9 Å². The first kappa shape index (κ1) is 17.8. The first-order chi connectivity index (χ1) is 13.1. The first-order valence-corrected chi connectivity index (χ1v) is 10.1. The molecule has 0 saturated heterocycles. The minimum absolute atomic E-state index is 0.655. The molecule has 0 heteroatoms. The van der Waals surface area contributed by atoms with E-state index in [1.54, 1.807) is 0 Å². The lowest BCUT2D eigenvalue weighted by Crippen LogP contribution is -2.00. The fraction of sp³-hybridized carbons (Fsp3) is 0.259. The van der Waals surface area contributed by atoms with E-state index in [1.807, 2.05) is 0 Å². The van der Waals surface area contributed by atoms with Gasteiger partial charge in [-0.05, 0) is 76.1 Å². The van der Waals surface area contributed by atoms with E-state index in [0.717, 1.165) is 25.7 Å². The summed E-state index contributed by atoms with van der Waals surface area (Å²) in [4.78, 5) is 0. The van der Waals surface area contributed by atoms with Crippen molar-refractivity contribution in [3.63, 3.8) is 0 Å². The molecule has 0 unspecified atom stereocenters. The van der Waals surface area contributed by atoms with Gasteiger partial charge in [0.25, 0.3) is 0 Å². The summed E-state index contributed by atoms with van der Waals surface area (Å²) < 4.78 is 0. The minimum atomic E-state index is 0.655. The monoisotopic (exact) mass is 352 g/mol. The quantitative estimate of drug-likeness (QED) is 0.516. The van der Waals surface area contributed by atoms with Crippen molar-refractivity contribution < 1.29 is 0 Å². The molecule has 2 aromatic rings. The lowest BCUT2D eigenvalue weighted by molar-refractivity contribution is 0.646. The van der Waals surface area contributed by atoms with Crippen LogP contribution in [0.15, 0.2) is 84.0 Å². The van der Waals surface area contributed by atoms with Crippen LogP contribution in [-0.4, -0.2) is 0 Å². The van der Waals surface area contributed by atoms with Gasteiger partial charge in [0.05, 0.1) is 0 Å². The molecule has 0 bridgehead atoms. The van der Waals surface area contributed by atoms with Gasteiger partial charge in [-0.25, -0.2) is 0 Å². The molecule has 0 radical (unpaired) electrons. The van der Waals surface area contributed by atoms with Gasteiger partial charge in [-0.1, -0.05) is 87.2 Å². The van der Waals surface area contributed by atoms with E-state index in [1.165, 1.54) is 44.5 Å². The van der Waals surface area contributed by atoms with Gasteiger partial charge in [-0.3, -0.25) is 0 Å². The fourth-order valence-electron chi connectivity index (χ4n) is 4.33. The van der Waals surface area contributed by atoms with Gasteiger partial charge in [0, 0.05) is 0 Å². The molecule has 0 aromatic heterocycles.